The number of rotatable bonds is 0. The maximum absolute atomic E-state index is 4.77. The summed E-state index contributed by atoms with van der Waals surface area (Å²) in [6, 6.07) is 0. The van der Waals surface area contributed by atoms with E-state index >= 15 is 0 Å². The van der Waals surface area contributed by atoms with Gasteiger partial charge in [-0.05, 0) is 25.3 Å². The van der Waals surface area contributed by atoms with Gasteiger partial charge in [-0.3, -0.25) is 4.89 Å². The van der Waals surface area contributed by atoms with Crippen molar-refractivity contribution in [3.63, 3.8) is 0 Å². The molecule has 20 heavy (non-hydrogen) atoms. The summed E-state index contributed by atoms with van der Waals surface area (Å²) in [6.45, 7) is 0.729. The van der Waals surface area contributed by atoms with Crippen LogP contribution in [-0.4, -0.2) is 6.54 Å². The standard InChI is InChI=1S/C16H30N2O2/c1-2-4-6-8-10-12-14-16-19-20-18-17-15-13-11-9-7-5-3-1/h14,16H,1-13,15H2/b16-14-,18-17+. The van der Waals surface area contributed by atoms with Crippen molar-refractivity contribution in [2.75, 3.05) is 6.54 Å². The highest BCUT2D eigenvalue weighted by molar-refractivity contribution is 4.71. The summed E-state index contributed by atoms with van der Waals surface area (Å²) < 4.78 is 0. The van der Waals surface area contributed by atoms with Crippen LogP contribution in [0, 0.1) is 0 Å². The van der Waals surface area contributed by atoms with Crippen molar-refractivity contribution in [1.29, 1.82) is 0 Å². The van der Waals surface area contributed by atoms with E-state index in [0.717, 1.165) is 19.4 Å². The lowest BCUT2D eigenvalue weighted by Crippen LogP contribution is -1.85. The van der Waals surface area contributed by atoms with E-state index in [1.54, 1.807) is 6.26 Å². The van der Waals surface area contributed by atoms with E-state index in [2.05, 4.69) is 15.4 Å². The monoisotopic (exact) mass is 282 g/mol. The van der Waals surface area contributed by atoms with Crippen molar-refractivity contribution >= 4 is 0 Å². The Labute approximate surface area is 123 Å². The summed E-state index contributed by atoms with van der Waals surface area (Å²) in [5.41, 5.74) is 0. The SMILES string of the molecule is C1=C\OO/N=N/CCCCCCCCCCCCCC/1. The minimum atomic E-state index is 0.729. The van der Waals surface area contributed by atoms with Gasteiger partial charge in [-0.25, -0.2) is 0 Å². The highest BCUT2D eigenvalue weighted by Crippen LogP contribution is 2.12. The van der Waals surface area contributed by atoms with Crippen LogP contribution in [0.5, 0.6) is 0 Å². The molecule has 0 aromatic heterocycles. The van der Waals surface area contributed by atoms with Crippen molar-refractivity contribution < 1.29 is 9.88 Å². The van der Waals surface area contributed by atoms with Gasteiger partial charge < -0.3 is 0 Å². The highest BCUT2D eigenvalue weighted by Gasteiger charge is 1.94. The normalized spacial score (nSPS) is 24.8. The minimum absolute atomic E-state index is 0.729. The molecule has 4 nitrogen and oxygen atoms in total. The van der Waals surface area contributed by atoms with Crippen LogP contribution in [0.2, 0.25) is 0 Å². The third-order valence-corrected chi connectivity index (χ3v) is 3.66. The van der Waals surface area contributed by atoms with Crippen molar-refractivity contribution in [2.24, 2.45) is 10.4 Å². The molecule has 0 N–H and O–H groups in total. The molecule has 116 valence electrons. The van der Waals surface area contributed by atoms with E-state index in [1.165, 1.54) is 70.6 Å². The van der Waals surface area contributed by atoms with Gasteiger partial charge in [0.2, 0.25) is 0 Å². The van der Waals surface area contributed by atoms with E-state index < -0.39 is 0 Å². The van der Waals surface area contributed by atoms with Crippen LogP contribution < -0.4 is 0 Å². The van der Waals surface area contributed by atoms with Crippen LogP contribution in [-0.2, 0) is 9.88 Å². The summed E-state index contributed by atoms with van der Waals surface area (Å²) in [5, 5.41) is 7.42. The molecule has 0 amide bonds. The summed E-state index contributed by atoms with van der Waals surface area (Å²) in [6.07, 6.45) is 20.5. The number of hydrogen-bond acceptors (Lipinski definition) is 4. The summed E-state index contributed by atoms with van der Waals surface area (Å²) in [5.74, 6) is 0. The van der Waals surface area contributed by atoms with Gasteiger partial charge in [0.15, 0.2) is 0 Å². The van der Waals surface area contributed by atoms with Gasteiger partial charge in [-0.15, -0.1) is 10.1 Å². The van der Waals surface area contributed by atoms with Crippen molar-refractivity contribution in [3.8, 4) is 0 Å². The van der Waals surface area contributed by atoms with Crippen LogP contribution in [0.15, 0.2) is 22.7 Å². The second-order valence-corrected chi connectivity index (χ2v) is 5.52. The average Bonchev–Trinajstić information content (AvgIpc) is 2.46. The fraction of sp³-hybridized carbons (Fsp3) is 0.875. The van der Waals surface area contributed by atoms with Crippen LogP contribution in [0.4, 0.5) is 0 Å². The molecule has 0 aromatic carbocycles. The smallest absolute Gasteiger partial charge is 0.141 e. The zero-order valence-electron chi connectivity index (χ0n) is 12.8. The number of nitrogens with zero attached hydrogens (tertiary/aromatic N) is 2. The molecule has 1 rings (SSSR count). The predicted molar refractivity (Wildman–Crippen MR) is 81.1 cm³/mol. The first kappa shape index (κ1) is 17.0. The van der Waals surface area contributed by atoms with Crippen LogP contribution in [0.25, 0.3) is 0 Å². The second kappa shape index (κ2) is 14.4. The predicted octanol–water partition coefficient (Wildman–Crippen LogP) is 5.90. The van der Waals surface area contributed by atoms with Gasteiger partial charge in [0.1, 0.15) is 6.26 Å². The molecule has 0 aliphatic carbocycles. The summed E-state index contributed by atoms with van der Waals surface area (Å²) in [7, 11) is 0. The lowest BCUT2D eigenvalue weighted by Gasteiger charge is -2.02. The Morgan fingerprint density at radius 1 is 0.650 bits per heavy atom. The van der Waals surface area contributed by atoms with E-state index in [4.69, 9.17) is 4.89 Å². The Morgan fingerprint density at radius 3 is 1.85 bits per heavy atom. The third kappa shape index (κ3) is 12.0. The maximum atomic E-state index is 4.77. The minimum Gasteiger partial charge on any atom is -0.274 e. The Morgan fingerprint density at radius 2 is 1.20 bits per heavy atom. The van der Waals surface area contributed by atoms with Crippen LogP contribution in [0.3, 0.4) is 0 Å². The summed E-state index contributed by atoms with van der Waals surface area (Å²) in [4.78, 5) is 9.36. The molecule has 0 bridgehead atoms. The zero-order chi connectivity index (χ0) is 14.1. The molecule has 0 spiro atoms. The van der Waals surface area contributed by atoms with Gasteiger partial charge in [-0.1, -0.05) is 64.2 Å². The molecule has 0 fully saturated rings. The molecule has 0 radical (unpaired) electrons. The molecule has 0 atom stereocenters. The van der Waals surface area contributed by atoms with Gasteiger partial charge >= 0.3 is 0 Å². The zero-order valence-corrected chi connectivity index (χ0v) is 12.8. The van der Waals surface area contributed by atoms with E-state index in [0.29, 0.717) is 0 Å². The molecule has 0 unspecified atom stereocenters. The highest BCUT2D eigenvalue weighted by atomic mass is 17.3. The lowest BCUT2D eigenvalue weighted by molar-refractivity contribution is -0.257. The topological polar surface area (TPSA) is 43.2 Å². The molecule has 0 saturated heterocycles. The van der Waals surface area contributed by atoms with E-state index in [9.17, 15) is 0 Å². The van der Waals surface area contributed by atoms with E-state index in [-0.39, 0.29) is 0 Å². The average molecular weight is 282 g/mol. The first-order chi connectivity index (χ1) is 10.0. The Balaban J connectivity index is 2.11. The molecular formula is C16H30N2O2. The second-order valence-electron chi connectivity index (χ2n) is 5.52. The van der Waals surface area contributed by atoms with Crippen molar-refractivity contribution in [2.45, 2.75) is 83.5 Å². The molecule has 1 aliphatic rings. The molecule has 1 heterocycles. The van der Waals surface area contributed by atoms with Crippen molar-refractivity contribution in [3.05, 3.63) is 12.3 Å². The number of allylic oxidation sites excluding steroid dienone is 1. The Bertz CT molecular complexity index is 229. The molecule has 4 heteroatoms. The fourth-order valence-electron chi connectivity index (χ4n) is 2.43. The quantitative estimate of drug-likeness (QED) is 0.519. The Hall–Kier alpha value is -1.06. The van der Waals surface area contributed by atoms with Gasteiger partial charge in [-0.2, -0.15) is 0 Å². The fourth-order valence-corrected chi connectivity index (χ4v) is 2.43. The first-order valence-electron chi connectivity index (χ1n) is 8.34. The maximum Gasteiger partial charge on any atom is 0.141 e. The molecule has 0 aromatic rings. The van der Waals surface area contributed by atoms with Gasteiger partial charge in [0.25, 0.3) is 0 Å². The third-order valence-electron chi connectivity index (χ3n) is 3.66. The van der Waals surface area contributed by atoms with Gasteiger partial charge in [0, 0.05) is 0 Å². The van der Waals surface area contributed by atoms with Crippen LogP contribution in [0.1, 0.15) is 83.5 Å². The van der Waals surface area contributed by atoms with Crippen molar-refractivity contribution in [1.82, 2.24) is 0 Å². The summed E-state index contributed by atoms with van der Waals surface area (Å²) >= 11 is 0. The van der Waals surface area contributed by atoms with E-state index in [1.807, 2.05) is 6.08 Å². The molecule has 0 saturated carbocycles. The largest absolute Gasteiger partial charge is 0.274 e. The Kier molecular flexibility index (Phi) is 12.2. The first-order valence-corrected chi connectivity index (χ1v) is 8.34. The van der Waals surface area contributed by atoms with Crippen LogP contribution >= 0.6 is 0 Å². The number of hydrogen-bond donors (Lipinski definition) is 0. The van der Waals surface area contributed by atoms with Gasteiger partial charge in [0.05, 0.1) is 11.8 Å². The molecule has 1 aliphatic heterocycles. The lowest BCUT2D eigenvalue weighted by atomic mass is 10.0. The molecular weight excluding hydrogens is 252 g/mol.